The number of rotatable bonds is 2. The molecule has 1 aliphatic heterocycles. The molecule has 0 aliphatic carbocycles. The Morgan fingerprint density at radius 2 is 1.46 bits per heavy atom. The zero-order valence-electron chi connectivity index (χ0n) is 19.3. The van der Waals surface area contributed by atoms with E-state index >= 15 is 0 Å². The lowest BCUT2D eigenvalue weighted by atomic mass is 10.0. The van der Waals surface area contributed by atoms with Gasteiger partial charge >= 0.3 is 5.97 Å². The van der Waals surface area contributed by atoms with Gasteiger partial charge in [0.1, 0.15) is 0 Å². The van der Waals surface area contributed by atoms with Gasteiger partial charge in [-0.15, -0.1) is 0 Å². The van der Waals surface area contributed by atoms with Crippen molar-refractivity contribution < 1.29 is 14.0 Å². The van der Waals surface area contributed by atoms with Crippen LogP contribution in [-0.4, -0.2) is 26.5 Å². The third kappa shape index (κ3) is 10.6. The molecule has 0 saturated carbocycles. The molecule has 0 fully saturated rings. The third-order valence-electron chi connectivity index (χ3n) is 6.09. The molecule has 1 rings (SSSR count). The molecule has 0 amide bonds. The van der Waals surface area contributed by atoms with E-state index in [1.165, 1.54) is 51.0 Å². The second kappa shape index (κ2) is 12.6. The number of carbonyl (C=O) groups is 1. The molecule has 162 valence electrons. The zero-order valence-corrected chi connectivity index (χ0v) is 20.3. The lowest BCUT2D eigenvalue weighted by Crippen LogP contribution is -2.43. The molecule has 0 unspecified atom stereocenters. The standard InChI is InChI=1S/C24H44O3Si/c1-21-17-13-11-9-7-8-10-12-14-18-22(19-15-16-20-23(25)26-21)27-28(5,6)24(2,3)4/h15-16,19-22H,7-14,17-18H2,1-6H3/b19-15-,20-16+/t21-,22+/m0/s1. The fourth-order valence-corrected chi connectivity index (χ4v) is 4.51. The second-order valence-corrected chi connectivity index (χ2v) is 14.6. The van der Waals surface area contributed by atoms with Crippen molar-refractivity contribution in [3.8, 4) is 0 Å². The molecule has 2 atom stereocenters. The largest absolute Gasteiger partial charge is 0.460 e. The summed E-state index contributed by atoms with van der Waals surface area (Å²) >= 11 is 0. The van der Waals surface area contributed by atoms with Crippen LogP contribution in [0.15, 0.2) is 24.3 Å². The molecule has 1 heterocycles. The Bertz CT molecular complexity index is 502. The van der Waals surface area contributed by atoms with Crippen molar-refractivity contribution in [3.05, 3.63) is 24.3 Å². The summed E-state index contributed by atoms with van der Waals surface area (Å²) in [6.45, 7) is 13.4. The lowest BCUT2D eigenvalue weighted by Gasteiger charge is -2.38. The number of carbonyl (C=O) groups excluding carboxylic acids is 1. The molecule has 0 aromatic heterocycles. The van der Waals surface area contributed by atoms with Gasteiger partial charge in [-0.05, 0) is 44.3 Å². The first-order valence-corrected chi connectivity index (χ1v) is 14.3. The van der Waals surface area contributed by atoms with Gasteiger partial charge in [0.05, 0.1) is 12.2 Å². The molecule has 0 bridgehead atoms. The van der Waals surface area contributed by atoms with E-state index < -0.39 is 8.32 Å². The van der Waals surface area contributed by atoms with Crippen LogP contribution in [0.1, 0.15) is 91.9 Å². The molecule has 0 spiro atoms. The number of allylic oxidation sites excluding steroid dienone is 2. The highest BCUT2D eigenvalue weighted by atomic mass is 28.4. The Morgan fingerprint density at radius 1 is 0.929 bits per heavy atom. The van der Waals surface area contributed by atoms with E-state index in [1.54, 1.807) is 6.08 Å². The van der Waals surface area contributed by atoms with E-state index in [9.17, 15) is 4.79 Å². The average molecular weight is 409 g/mol. The number of hydrogen-bond donors (Lipinski definition) is 0. The Balaban J connectivity index is 2.76. The molecule has 3 nitrogen and oxygen atoms in total. The number of ether oxygens (including phenoxy) is 1. The fourth-order valence-electron chi connectivity index (χ4n) is 3.21. The first kappa shape index (κ1) is 25.2. The smallest absolute Gasteiger partial charge is 0.331 e. The minimum atomic E-state index is -1.82. The van der Waals surface area contributed by atoms with Crippen molar-refractivity contribution in [2.45, 2.75) is 122 Å². The van der Waals surface area contributed by atoms with Gasteiger partial charge in [0.25, 0.3) is 0 Å². The van der Waals surface area contributed by atoms with Gasteiger partial charge in [0.15, 0.2) is 8.32 Å². The van der Waals surface area contributed by atoms with Crippen LogP contribution in [0.4, 0.5) is 0 Å². The van der Waals surface area contributed by atoms with E-state index in [0.29, 0.717) is 0 Å². The summed E-state index contributed by atoms with van der Waals surface area (Å²) in [7, 11) is -1.82. The minimum absolute atomic E-state index is 0.00493. The summed E-state index contributed by atoms with van der Waals surface area (Å²) in [6, 6.07) is 0. The molecule has 0 aromatic carbocycles. The highest BCUT2D eigenvalue weighted by Crippen LogP contribution is 2.38. The zero-order chi connectivity index (χ0) is 21.0. The first-order valence-electron chi connectivity index (χ1n) is 11.3. The van der Waals surface area contributed by atoms with Crippen molar-refractivity contribution in [1.29, 1.82) is 0 Å². The first-order chi connectivity index (χ1) is 13.1. The summed E-state index contributed by atoms with van der Waals surface area (Å²) in [5, 5.41) is 0.197. The van der Waals surface area contributed by atoms with E-state index in [1.807, 2.05) is 13.0 Å². The molecule has 0 aromatic rings. The average Bonchev–Trinajstić information content (AvgIpc) is 2.58. The van der Waals surface area contributed by atoms with Gasteiger partial charge in [0.2, 0.25) is 0 Å². The number of cyclic esters (lactones) is 1. The molecule has 0 saturated heterocycles. The topological polar surface area (TPSA) is 35.5 Å². The molecule has 4 heteroatoms. The SMILES string of the molecule is C[C@H]1CCCCCCCCCC[C@@H](O[Si](C)(C)C(C)(C)C)/C=C\C=C\C(=O)O1. The molecule has 28 heavy (non-hydrogen) atoms. The number of esters is 1. The van der Waals surface area contributed by atoms with Gasteiger partial charge in [0, 0.05) is 6.08 Å². The van der Waals surface area contributed by atoms with Crippen molar-refractivity contribution >= 4 is 14.3 Å². The van der Waals surface area contributed by atoms with Crippen LogP contribution in [0.5, 0.6) is 0 Å². The molecule has 0 radical (unpaired) electrons. The summed E-state index contributed by atoms with van der Waals surface area (Å²) in [5.74, 6) is -0.250. The molecular formula is C24H44O3Si. The van der Waals surface area contributed by atoms with Crippen LogP contribution in [0, 0.1) is 0 Å². The summed E-state index contributed by atoms with van der Waals surface area (Å²) < 4.78 is 12.1. The van der Waals surface area contributed by atoms with Gasteiger partial charge in [-0.25, -0.2) is 4.79 Å². The van der Waals surface area contributed by atoms with E-state index in [-0.39, 0.29) is 23.2 Å². The molecule has 1 aliphatic rings. The molecule has 0 N–H and O–H groups in total. The van der Waals surface area contributed by atoms with Gasteiger partial charge in [-0.2, -0.15) is 0 Å². The lowest BCUT2D eigenvalue weighted by molar-refractivity contribution is -0.142. The van der Waals surface area contributed by atoms with Crippen molar-refractivity contribution in [2.75, 3.05) is 0 Å². The summed E-state index contributed by atoms with van der Waals surface area (Å²) in [5.41, 5.74) is 0. The van der Waals surface area contributed by atoms with E-state index in [4.69, 9.17) is 9.16 Å². The Morgan fingerprint density at radius 3 is 2.04 bits per heavy atom. The van der Waals surface area contributed by atoms with E-state index in [2.05, 4.69) is 39.9 Å². The van der Waals surface area contributed by atoms with Crippen LogP contribution in [0.3, 0.4) is 0 Å². The van der Waals surface area contributed by atoms with Crippen LogP contribution < -0.4 is 0 Å². The number of hydrogen-bond acceptors (Lipinski definition) is 3. The molecular weight excluding hydrogens is 364 g/mol. The van der Waals surface area contributed by atoms with Crippen molar-refractivity contribution in [2.24, 2.45) is 0 Å². The highest BCUT2D eigenvalue weighted by molar-refractivity contribution is 6.74. The quantitative estimate of drug-likeness (QED) is 0.354. The predicted molar refractivity (Wildman–Crippen MR) is 122 cm³/mol. The van der Waals surface area contributed by atoms with Crippen molar-refractivity contribution in [1.82, 2.24) is 0 Å². The Kier molecular flexibility index (Phi) is 11.4. The highest BCUT2D eigenvalue weighted by Gasteiger charge is 2.38. The maximum absolute atomic E-state index is 12.0. The Labute approximate surface area is 175 Å². The minimum Gasteiger partial charge on any atom is -0.460 e. The summed E-state index contributed by atoms with van der Waals surface area (Å²) in [6.07, 6.45) is 19.7. The van der Waals surface area contributed by atoms with Crippen molar-refractivity contribution in [3.63, 3.8) is 0 Å². The van der Waals surface area contributed by atoms with E-state index in [0.717, 1.165) is 19.3 Å². The second-order valence-electron chi connectivity index (χ2n) is 9.81. The van der Waals surface area contributed by atoms with Gasteiger partial charge in [-0.3, -0.25) is 0 Å². The van der Waals surface area contributed by atoms with Crippen LogP contribution in [0.25, 0.3) is 0 Å². The third-order valence-corrected chi connectivity index (χ3v) is 10.6. The van der Waals surface area contributed by atoms with Gasteiger partial charge < -0.3 is 9.16 Å². The normalized spacial score (nSPS) is 27.3. The van der Waals surface area contributed by atoms with Crippen LogP contribution in [0.2, 0.25) is 18.1 Å². The van der Waals surface area contributed by atoms with Crippen LogP contribution in [-0.2, 0) is 14.0 Å². The maximum Gasteiger partial charge on any atom is 0.331 e. The van der Waals surface area contributed by atoms with Crippen LogP contribution >= 0.6 is 0 Å². The fraction of sp³-hybridized carbons (Fsp3) is 0.792. The maximum atomic E-state index is 12.0. The Hall–Kier alpha value is -0.873. The monoisotopic (exact) mass is 408 g/mol. The predicted octanol–water partition coefficient (Wildman–Crippen LogP) is 7.34. The summed E-state index contributed by atoms with van der Waals surface area (Å²) in [4.78, 5) is 12.0. The van der Waals surface area contributed by atoms with Gasteiger partial charge in [-0.1, -0.05) is 83.9 Å².